The molecule has 1 aliphatic heterocycles. The number of carbonyl (C=O) groups is 1. The summed E-state index contributed by atoms with van der Waals surface area (Å²) in [6, 6.07) is 0. The minimum absolute atomic E-state index is 0.0226. The first-order chi connectivity index (χ1) is 13.5. The van der Waals surface area contributed by atoms with E-state index in [9.17, 15) is 4.79 Å². The lowest BCUT2D eigenvalue weighted by molar-refractivity contribution is 0.0951. The number of imidazole rings is 1. The number of hydrogen-bond acceptors (Lipinski definition) is 6. The molecule has 0 saturated heterocycles. The Labute approximate surface area is 168 Å². The van der Waals surface area contributed by atoms with Crippen LogP contribution in [0.5, 0.6) is 0 Å². The molecule has 0 fully saturated rings. The maximum Gasteiger partial charge on any atom is 0.252 e. The second-order valence-electron chi connectivity index (χ2n) is 7.24. The molecule has 1 N–H and O–H groups in total. The molecule has 0 bridgehead atoms. The molecule has 3 aromatic rings. The highest BCUT2D eigenvalue weighted by Crippen LogP contribution is 2.30. The van der Waals surface area contributed by atoms with E-state index in [1.807, 2.05) is 36.9 Å². The summed E-state index contributed by atoms with van der Waals surface area (Å²) in [6.07, 6.45) is 4.60. The van der Waals surface area contributed by atoms with Crippen LogP contribution in [0.15, 0.2) is 22.3 Å². The van der Waals surface area contributed by atoms with Gasteiger partial charge in [-0.05, 0) is 32.8 Å². The van der Waals surface area contributed by atoms with Crippen molar-refractivity contribution in [1.29, 1.82) is 0 Å². The molecule has 0 unspecified atom stereocenters. The third kappa shape index (κ3) is 3.74. The van der Waals surface area contributed by atoms with Gasteiger partial charge < -0.3 is 14.4 Å². The zero-order valence-corrected chi connectivity index (χ0v) is 17.3. The third-order valence-corrected chi connectivity index (χ3v) is 6.41. The Morgan fingerprint density at radius 2 is 2.21 bits per heavy atom. The molecule has 1 amide bonds. The first-order valence-corrected chi connectivity index (χ1v) is 10.4. The fourth-order valence-electron chi connectivity index (χ4n) is 3.68. The number of thiophene rings is 1. The van der Waals surface area contributed by atoms with E-state index in [4.69, 9.17) is 4.52 Å². The molecule has 4 heterocycles. The molecule has 0 aliphatic carbocycles. The monoisotopic (exact) mass is 399 g/mol. The zero-order chi connectivity index (χ0) is 19.7. The van der Waals surface area contributed by atoms with E-state index in [-0.39, 0.29) is 5.91 Å². The Morgan fingerprint density at radius 3 is 2.93 bits per heavy atom. The molecule has 8 heteroatoms. The van der Waals surface area contributed by atoms with E-state index in [0.29, 0.717) is 6.54 Å². The standard InChI is InChI=1S/C20H25N5O2S/c1-13-17(14(2)27-23-13)10-24-7-4-16-18(12-28-19(16)11-24)20(26)22-6-9-25-8-5-21-15(25)3/h5,8,12H,4,6-7,9-11H2,1-3H3,(H,22,26). The lowest BCUT2D eigenvalue weighted by Crippen LogP contribution is -2.32. The highest BCUT2D eigenvalue weighted by Gasteiger charge is 2.25. The predicted octanol–water partition coefficient (Wildman–Crippen LogP) is 2.85. The van der Waals surface area contributed by atoms with Crippen LogP contribution in [0.1, 0.15) is 43.6 Å². The summed E-state index contributed by atoms with van der Waals surface area (Å²) in [7, 11) is 0. The predicted molar refractivity (Wildman–Crippen MR) is 107 cm³/mol. The number of nitrogens with one attached hydrogen (secondary N) is 1. The number of amides is 1. The van der Waals surface area contributed by atoms with Crippen LogP contribution < -0.4 is 5.32 Å². The van der Waals surface area contributed by atoms with Crippen LogP contribution in [-0.2, 0) is 26.1 Å². The molecule has 0 atom stereocenters. The van der Waals surface area contributed by atoms with E-state index in [1.54, 1.807) is 17.5 Å². The van der Waals surface area contributed by atoms with Crippen molar-refractivity contribution in [3.63, 3.8) is 0 Å². The van der Waals surface area contributed by atoms with Gasteiger partial charge in [0.1, 0.15) is 11.6 Å². The van der Waals surface area contributed by atoms with Crippen molar-refractivity contribution in [1.82, 2.24) is 24.9 Å². The van der Waals surface area contributed by atoms with E-state index >= 15 is 0 Å². The molecular formula is C20H25N5O2S. The molecule has 3 aromatic heterocycles. The van der Waals surface area contributed by atoms with Gasteiger partial charge in [-0.1, -0.05) is 5.16 Å². The van der Waals surface area contributed by atoms with Crippen molar-refractivity contribution >= 4 is 17.2 Å². The second-order valence-corrected chi connectivity index (χ2v) is 8.20. The van der Waals surface area contributed by atoms with Crippen molar-refractivity contribution in [2.45, 2.75) is 46.8 Å². The Kier molecular flexibility index (Phi) is 5.32. The third-order valence-electron chi connectivity index (χ3n) is 5.40. The fourth-order valence-corrected chi connectivity index (χ4v) is 4.80. The van der Waals surface area contributed by atoms with Crippen LogP contribution in [0.25, 0.3) is 0 Å². The van der Waals surface area contributed by atoms with E-state index < -0.39 is 0 Å². The summed E-state index contributed by atoms with van der Waals surface area (Å²) in [5, 5.41) is 9.10. The molecule has 7 nitrogen and oxygen atoms in total. The van der Waals surface area contributed by atoms with Gasteiger partial charge in [-0.2, -0.15) is 0 Å². The number of aryl methyl sites for hydroxylation is 3. The first kappa shape index (κ1) is 18.9. The molecule has 4 rings (SSSR count). The van der Waals surface area contributed by atoms with Crippen molar-refractivity contribution in [2.75, 3.05) is 13.1 Å². The quantitative estimate of drug-likeness (QED) is 0.690. The van der Waals surface area contributed by atoms with Crippen LogP contribution in [0, 0.1) is 20.8 Å². The number of nitrogens with zero attached hydrogens (tertiary/aromatic N) is 4. The average Bonchev–Trinajstić information content (AvgIpc) is 3.37. The Hall–Kier alpha value is -2.45. The van der Waals surface area contributed by atoms with Gasteiger partial charge in [0.2, 0.25) is 0 Å². The van der Waals surface area contributed by atoms with Gasteiger partial charge in [-0.3, -0.25) is 9.69 Å². The number of aromatic nitrogens is 3. The largest absolute Gasteiger partial charge is 0.361 e. The van der Waals surface area contributed by atoms with Crippen molar-refractivity contribution in [2.24, 2.45) is 0 Å². The highest BCUT2D eigenvalue weighted by atomic mass is 32.1. The van der Waals surface area contributed by atoms with Gasteiger partial charge in [0.25, 0.3) is 5.91 Å². The summed E-state index contributed by atoms with van der Waals surface area (Å²) in [6.45, 7) is 9.88. The number of fused-ring (bicyclic) bond motifs is 1. The molecule has 0 spiro atoms. The second kappa shape index (κ2) is 7.89. The van der Waals surface area contributed by atoms with Gasteiger partial charge in [0.05, 0.1) is 11.3 Å². The van der Waals surface area contributed by atoms with Crippen molar-refractivity contribution < 1.29 is 9.32 Å². The summed E-state index contributed by atoms with van der Waals surface area (Å²) in [5.74, 6) is 1.87. The van der Waals surface area contributed by atoms with Gasteiger partial charge in [0.15, 0.2) is 0 Å². The summed E-state index contributed by atoms with van der Waals surface area (Å²) < 4.78 is 7.32. The van der Waals surface area contributed by atoms with Crippen LogP contribution >= 0.6 is 11.3 Å². The molecule has 0 saturated carbocycles. The maximum absolute atomic E-state index is 12.7. The smallest absolute Gasteiger partial charge is 0.252 e. The van der Waals surface area contributed by atoms with Gasteiger partial charge >= 0.3 is 0 Å². The summed E-state index contributed by atoms with van der Waals surface area (Å²) >= 11 is 1.68. The lowest BCUT2D eigenvalue weighted by Gasteiger charge is -2.27. The Bertz CT molecular complexity index is 967. The molecular weight excluding hydrogens is 374 g/mol. The number of rotatable bonds is 6. The summed E-state index contributed by atoms with van der Waals surface area (Å²) in [4.78, 5) is 20.5. The van der Waals surface area contributed by atoms with E-state index in [2.05, 4.69) is 20.4 Å². The molecule has 0 aromatic carbocycles. The SMILES string of the molecule is Cc1noc(C)c1CN1CCc2c(C(=O)NCCn3ccnc3C)csc2C1. The van der Waals surface area contributed by atoms with Crippen LogP contribution in [0.4, 0.5) is 0 Å². The average molecular weight is 400 g/mol. The maximum atomic E-state index is 12.7. The Morgan fingerprint density at radius 1 is 1.36 bits per heavy atom. The van der Waals surface area contributed by atoms with Gasteiger partial charge in [-0.15, -0.1) is 11.3 Å². The highest BCUT2D eigenvalue weighted by molar-refractivity contribution is 7.10. The van der Waals surface area contributed by atoms with Crippen molar-refractivity contribution in [3.05, 3.63) is 56.6 Å². The fraction of sp³-hybridized carbons (Fsp3) is 0.450. The molecule has 28 heavy (non-hydrogen) atoms. The van der Waals surface area contributed by atoms with Crippen LogP contribution in [-0.4, -0.2) is 38.6 Å². The number of carbonyl (C=O) groups excluding carboxylic acids is 1. The minimum atomic E-state index is 0.0226. The zero-order valence-electron chi connectivity index (χ0n) is 16.5. The molecule has 0 radical (unpaired) electrons. The van der Waals surface area contributed by atoms with E-state index in [0.717, 1.165) is 55.4 Å². The lowest BCUT2D eigenvalue weighted by atomic mass is 10.0. The summed E-state index contributed by atoms with van der Waals surface area (Å²) in [5.41, 5.74) is 4.17. The minimum Gasteiger partial charge on any atom is -0.361 e. The van der Waals surface area contributed by atoms with Crippen LogP contribution in [0.2, 0.25) is 0 Å². The van der Waals surface area contributed by atoms with Crippen LogP contribution in [0.3, 0.4) is 0 Å². The Balaban J connectivity index is 1.36. The topological polar surface area (TPSA) is 76.2 Å². The normalized spacial score (nSPS) is 14.2. The van der Waals surface area contributed by atoms with Gasteiger partial charge in [-0.25, -0.2) is 4.98 Å². The van der Waals surface area contributed by atoms with E-state index in [1.165, 1.54) is 16.0 Å². The van der Waals surface area contributed by atoms with Gasteiger partial charge in [0, 0.05) is 60.9 Å². The van der Waals surface area contributed by atoms with Crippen molar-refractivity contribution in [3.8, 4) is 0 Å². The molecule has 1 aliphatic rings. The molecule has 148 valence electrons. The number of hydrogen-bond donors (Lipinski definition) is 1. The first-order valence-electron chi connectivity index (χ1n) is 9.52.